The maximum absolute atomic E-state index is 8.89. The fourth-order valence-corrected chi connectivity index (χ4v) is 7.31. The van der Waals surface area contributed by atoms with Crippen LogP contribution in [0, 0.1) is 0 Å². The van der Waals surface area contributed by atoms with Gasteiger partial charge in [0.1, 0.15) is 0 Å². The Hall–Kier alpha value is -5.92. The first-order valence-corrected chi connectivity index (χ1v) is 16.1. The van der Waals surface area contributed by atoms with Gasteiger partial charge in [0.15, 0.2) is 0 Å². The van der Waals surface area contributed by atoms with Gasteiger partial charge in [0.05, 0.1) is 13.7 Å². The van der Waals surface area contributed by atoms with E-state index in [2.05, 4.69) is 73.0 Å². The van der Waals surface area contributed by atoms with Crippen molar-refractivity contribution in [3.8, 4) is 44.5 Å². The zero-order chi connectivity index (χ0) is 40.9. The summed E-state index contributed by atoms with van der Waals surface area (Å²) in [5, 5.41) is 6.04. The number of fused-ring (bicyclic) bond motifs is 5. The lowest BCUT2D eigenvalue weighted by atomic mass is 9.84. The Morgan fingerprint density at radius 3 is 1.35 bits per heavy atom. The molecular weight excluding hydrogens is 579 g/mol. The van der Waals surface area contributed by atoms with Crippen LogP contribution in [0.1, 0.15) is 33.6 Å². The van der Waals surface area contributed by atoms with E-state index in [0.29, 0.717) is 5.56 Å². The molecule has 48 heavy (non-hydrogen) atoms. The van der Waals surface area contributed by atoms with Gasteiger partial charge in [-0.05, 0) is 110 Å². The van der Waals surface area contributed by atoms with Gasteiger partial charge in [-0.15, -0.1) is 0 Å². The molecule has 1 aromatic heterocycles. The minimum Gasteiger partial charge on any atom is -0.338 e. The van der Waals surface area contributed by atoms with E-state index in [9.17, 15) is 0 Å². The van der Waals surface area contributed by atoms with Crippen molar-refractivity contribution in [2.75, 3.05) is 0 Å². The molecule has 0 aliphatic heterocycles. The number of para-hydroxylation sites is 1. The standard InChI is InChI=1S/C47H35N/c1-31(2)48-44-24-14-13-19-38(44)39-26-25-34(30-45(39)48)46-40-20-9-11-22-42(40)47(43-23-12-10-21-41(43)46)37-28-35(32-15-5-3-6-16-32)27-36(29-37)33-17-7-4-8-18-33/h3-31H,1-2H3/i3D,4D,5D,6D,7D,8D,15D,16D,17D,18D. The smallest absolute Gasteiger partial charge is 0.0629 e. The van der Waals surface area contributed by atoms with Crippen molar-refractivity contribution in [1.29, 1.82) is 0 Å². The first-order valence-electron chi connectivity index (χ1n) is 21.1. The van der Waals surface area contributed by atoms with Crippen molar-refractivity contribution in [2.45, 2.75) is 19.9 Å². The van der Waals surface area contributed by atoms with Gasteiger partial charge < -0.3 is 4.57 Å². The molecule has 1 heteroatoms. The molecule has 0 bridgehead atoms. The molecule has 228 valence electrons. The maximum atomic E-state index is 8.89. The van der Waals surface area contributed by atoms with E-state index in [0.717, 1.165) is 43.8 Å². The molecule has 0 atom stereocenters. The molecule has 0 saturated heterocycles. The van der Waals surface area contributed by atoms with E-state index >= 15 is 0 Å². The summed E-state index contributed by atoms with van der Waals surface area (Å²) < 4.78 is 88.3. The van der Waals surface area contributed by atoms with Crippen LogP contribution in [0.5, 0.6) is 0 Å². The molecule has 0 spiro atoms. The van der Waals surface area contributed by atoms with Crippen LogP contribution >= 0.6 is 0 Å². The quantitative estimate of drug-likeness (QED) is 0.168. The van der Waals surface area contributed by atoms with Gasteiger partial charge in [-0.1, -0.05) is 139 Å². The molecule has 1 nitrogen and oxygen atoms in total. The van der Waals surface area contributed by atoms with Crippen molar-refractivity contribution >= 4 is 43.4 Å². The van der Waals surface area contributed by atoms with E-state index in [1.165, 1.54) is 16.3 Å². The van der Waals surface area contributed by atoms with Crippen LogP contribution in [0.15, 0.2) is 170 Å². The number of nitrogens with zero attached hydrogens (tertiary/aromatic N) is 1. The molecule has 0 aliphatic carbocycles. The third-order valence-corrected chi connectivity index (χ3v) is 9.25. The Kier molecular flexibility index (Phi) is 4.67. The summed E-state index contributed by atoms with van der Waals surface area (Å²) in [6, 6.07) is 31.8. The Bertz CT molecular complexity index is 3020. The highest BCUT2D eigenvalue weighted by Crippen LogP contribution is 2.46. The Morgan fingerprint density at radius 2 is 0.833 bits per heavy atom. The Morgan fingerprint density at radius 1 is 0.396 bits per heavy atom. The van der Waals surface area contributed by atoms with Gasteiger partial charge in [0, 0.05) is 27.8 Å². The number of hydrogen-bond donors (Lipinski definition) is 0. The minimum atomic E-state index is -0.528. The van der Waals surface area contributed by atoms with Crippen LogP contribution in [0.3, 0.4) is 0 Å². The highest BCUT2D eigenvalue weighted by molar-refractivity contribution is 6.22. The second kappa shape index (κ2) is 11.4. The van der Waals surface area contributed by atoms with Crippen LogP contribution in [-0.2, 0) is 0 Å². The number of benzene rings is 8. The number of hydrogen-bond acceptors (Lipinski definition) is 0. The van der Waals surface area contributed by atoms with Gasteiger partial charge in [-0.3, -0.25) is 0 Å². The Labute approximate surface area is 295 Å². The van der Waals surface area contributed by atoms with E-state index in [1.807, 2.05) is 36.4 Å². The van der Waals surface area contributed by atoms with Crippen molar-refractivity contribution in [2.24, 2.45) is 0 Å². The van der Waals surface area contributed by atoms with Crippen molar-refractivity contribution < 1.29 is 13.7 Å². The summed E-state index contributed by atoms with van der Waals surface area (Å²) in [6.07, 6.45) is 0. The SMILES string of the molecule is [2H]c1c([2H])c([2H])c(-c2cc(-c3c([2H])c([2H])c([2H])c([2H])c3[2H])cc(-c3c4ccccc4c(-c4ccc5c6ccccc6n(C(C)C)c5c4)c4ccccc34)c2)c([2H])c1[2H]. The van der Waals surface area contributed by atoms with E-state index in [1.54, 1.807) is 18.2 Å². The van der Waals surface area contributed by atoms with Crippen molar-refractivity contribution in [3.05, 3.63) is 170 Å². The zero-order valence-corrected chi connectivity index (χ0v) is 26.4. The molecular formula is C47H35N. The highest BCUT2D eigenvalue weighted by atomic mass is 15.0. The summed E-state index contributed by atoms with van der Waals surface area (Å²) >= 11 is 0. The lowest BCUT2D eigenvalue weighted by molar-refractivity contribution is 0.642. The summed E-state index contributed by atoms with van der Waals surface area (Å²) in [5.41, 5.74) is 6.12. The molecule has 8 aromatic carbocycles. The molecule has 0 unspecified atom stereocenters. The van der Waals surface area contributed by atoms with Gasteiger partial charge in [0.2, 0.25) is 0 Å². The van der Waals surface area contributed by atoms with Gasteiger partial charge in [-0.25, -0.2) is 0 Å². The van der Waals surface area contributed by atoms with Gasteiger partial charge in [0.25, 0.3) is 0 Å². The summed E-state index contributed by atoms with van der Waals surface area (Å²) in [5.74, 6) is 0. The van der Waals surface area contributed by atoms with Crippen molar-refractivity contribution in [1.82, 2.24) is 4.57 Å². The summed E-state index contributed by atoms with van der Waals surface area (Å²) in [6.45, 7) is 4.38. The van der Waals surface area contributed by atoms with E-state index in [4.69, 9.17) is 13.7 Å². The van der Waals surface area contributed by atoms with Gasteiger partial charge >= 0.3 is 0 Å². The molecule has 0 radical (unpaired) electrons. The second-order valence-electron chi connectivity index (χ2n) is 12.4. The zero-order valence-electron chi connectivity index (χ0n) is 36.4. The number of aromatic nitrogens is 1. The first-order chi connectivity index (χ1) is 27.8. The van der Waals surface area contributed by atoms with Crippen molar-refractivity contribution in [3.63, 3.8) is 0 Å². The molecule has 1 heterocycles. The molecule has 0 saturated carbocycles. The van der Waals surface area contributed by atoms with Crippen LogP contribution in [0.4, 0.5) is 0 Å². The normalized spacial score (nSPS) is 14.6. The molecule has 9 aromatic rings. The van der Waals surface area contributed by atoms with E-state index < -0.39 is 60.4 Å². The topological polar surface area (TPSA) is 4.93 Å². The fourth-order valence-electron chi connectivity index (χ4n) is 7.31. The van der Waals surface area contributed by atoms with Crippen LogP contribution in [0.25, 0.3) is 87.9 Å². The average Bonchev–Trinajstić information content (AvgIpc) is 3.56. The molecule has 0 N–H and O–H groups in total. The number of rotatable bonds is 5. The first kappa shape index (κ1) is 19.7. The monoisotopic (exact) mass is 623 g/mol. The average molecular weight is 624 g/mol. The molecule has 0 fully saturated rings. The lowest BCUT2D eigenvalue weighted by Gasteiger charge is -2.19. The molecule has 0 amide bonds. The molecule has 0 aliphatic rings. The predicted octanol–water partition coefficient (Wildman–Crippen LogP) is 13.3. The van der Waals surface area contributed by atoms with Crippen LogP contribution in [-0.4, -0.2) is 4.57 Å². The largest absolute Gasteiger partial charge is 0.338 e. The molecule has 9 rings (SSSR count). The van der Waals surface area contributed by atoms with Crippen LogP contribution < -0.4 is 0 Å². The summed E-state index contributed by atoms with van der Waals surface area (Å²) in [7, 11) is 0. The van der Waals surface area contributed by atoms with E-state index in [-0.39, 0.29) is 28.3 Å². The minimum absolute atomic E-state index is 0.0551. The fraction of sp³-hybridized carbons (Fsp3) is 0.0638. The third-order valence-electron chi connectivity index (χ3n) is 9.25. The summed E-state index contributed by atoms with van der Waals surface area (Å²) in [4.78, 5) is 0. The third kappa shape index (κ3) is 4.54. The highest BCUT2D eigenvalue weighted by Gasteiger charge is 2.20. The lowest BCUT2D eigenvalue weighted by Crippen LogP contribution is -2.00. The maximum Gasteiger partial charge on any atom is 0.0629 e. The predicted molar refractivity (Wildman–Crippen MR) is 207 cm³/mol. The second-order valence-corrected chi connectivity index (χ2v) is 12.4. The van der Waals surface area contributed by atoms with Crippen LogP contribution in [0.2, 0.25) is 0 Å². The van der Waals surface area contributed by atoms with Gasteiger partial charge in [-0.2, -0.15) is 0 Å². The Balaban J connectivity index is 1.40.